The molecule has 2 aliphatic rings. The van der Waals surface area contributed by atoms with E-state index >= 15 is 0 Å². The fourth-order valence-electron chi connectivity index (χ4n) is 4.61. The summed E-state index contributed by atoms with van der Waals surface area (Å²) >= 11 is 1.56. The Bertz CT molecular complexity index is 721. The van der Waals surface area contributed by atoms with E-state index in [0.29, 0.717) is 19.4 Å². The highest BCUT2D eigenvalue weighted by molar-refractivity contribution is 7.10. The molecule has 0 bridgehead atoms. The summed E-state index contributed by atoms with van der Waals surface area (Å²) in [6, 6.07) is 3.12. The first-order valence-corrected chi connectivity index (χ1v) is 12.1. The summed E-state index contributed by atoms with van der Waals surface area (Å²) in [5.41, 5.74) is -1.25. The van der Waals surface area contributed by atoms with Crippen LogP contribution in [0.15, 0.2) is 17.5 Å². The molecule has 6 nitrogen and oxygen atoms in total. The minimum absolute atomic E-state index is 0.0918. The Kier molecular flexibility index (Phi) is 7.13. The summed E-state index contributed by atoms with van der Waals surface area (Å²) in [6.07, 6.45) is 6.37. The van der Waals surface area contributed by atoms with Gasteiger partial charge < -0.3 is 20.6 Å². The lowest BCUT2D eigenvalue weighted by Gasteiger charge is -2.49. The highest BCUT2D eigenvalue weighted by Gasteiger charge is 2.48. The molecule has 0 spiro atoms. The molecule has 3 rings (SSSR count). The maximum Gasteiger partial charge on any atom is 0.318 e. The average Bonchev–Trinajstić information content (AvgIpc) is 3.16. The lowest BCUT2D eigenvalue weighted by Crippen LogP contribution is -2.64. The van der Waals surface area contributed by atoms with Crippen molar-refractivity contribution in [3.8, 4) is 0 Å². The maximum atomic E-state index is 13.3. The third-order valence-electron chi connectivity index (χ3n) is 6.22. The fourth-order valence-corrected chi connectivity index (χ4v) is 5.49. The summed E-state index contributed by atoms with van der Waals surface area (Å²) in [7, 11) is 0. The molecule has 3 amide bonds. The van der Waals surface area contributed by atoms with Crippen LogP contribution in [0.5, 0.6) is 0 Å². The van der Waals surface area contributed by atoms with Gasteiger partial charge >= 0.3 is 6.03 Å². The van der Waals surface area contributed by atoms with Crippen LogP contribution in [0, 0.1) is 5.41 Å². The molecule has 0 aromatic carbocycles. The van der Waals surface area contributed by atoms with Crippen LogP contribution in [0.1, 0.15) is 83.6 Å². The topological polar surface area (TPSA) is 81.7 Å². The first-order valence-electron chi connectivity index (χ1n) is 11.2. The molecule has 1 aromatic heterocycles. The molecule has 3 atom stereocenters. The minimum atomic E-state index is -1.09. The van der Waals surface area contributed by atoms with Gasteiger partial charge in [0, 0.05) is 23.9 Å². The van der Waals surface area contributed by atoms with Gasteiger partial charge in [0.15, 0.2) is 0 Å². The Hall–Kier alpha value is -1.60. The number of nitrogens with zero attached hydrogens (tertiary/aromatic N) is 1. The number of urea groups is 1. The number of carbonyl (C=O) groups excluding carboxylic acids is 2. The molecular formula is C23H37N3O3S. The lowest BCUT2D eigenvalue weighted by atomic mass is 9.81. The predicted octanol–water partition coefficient (Wildman–Crippen LogP) is 4.21. The molecule has 3 N–H and O–H groups in total. The van der Waals surface area contributed by atoms with Crippen LogP contribution in [0.3, 0.4) is 0 Å². The molecule has 1 saturated carbocycles. The molecule has 2 heterocycles. The summed E-state index contributed by atoms with van der Waals surface area (Å²) in [5.74, 6) is -0.0936. The number of amides is 3. The fraction of sp³-hybridized carbons (Fsp3) is 0.739. The van der Waals surface area contributed by atoms with Gasteiger partial charge in [0.05, 0.1) is 17.7 Å². The van der Waals surface area contributed by atoms with E-state index in [-0.39, 0.29) is 29.4 Å². The van der Waals surface area contributed by atoms with E-state index in [0.717, 1.165) is 30.6 Å². The smallest absolute Gasteiger partial charge is 0.318 e. The van der Waals surface area contributed by atoms with E-state index in [4.69, 9.17) is 0 Å². The number of rotatable bonds is 4. The van der Waals surface area contributed by atoms with Crippen LogP contribution in [-0.2, 0) is 4.79 Å². The van der Waals surface area contributed by atoms with Crippen molar-refractivity contribution in [2.45, 2.75) is 96.4 Å². The molecule has 1 saturated heterocycles. The summed E-state index contributed by atoms with van der Waals surface area (Å²) in [6.45, 7) is 8.29. The molecule has 7 heteroatoms. The van der Waals surface area contributed by atoms with E-state index in [9.17, 15) is 14.7 Å². The summed E-state index contributed by atoms with van der Waals surface area (Å²) in [5, 5.41) is 19.5. The van der Waals surface area contributed by atoms with Crippen molar-refractivity contribution in [1.29, 1.82) is 0 Å². The number of carbonyl (C=O) groups is 2. The van der Waals surface area contributed by atoms with Gasteiger partial charge in [-0.2, -0.15) is 0 Å². The number of hydrogen-bond donors (Lipinski definition) is 3. The highest BCUT2D eigenvalue weighted by atomic mass is 32.1. The third-order valence-corrected chi connectivity index (χ3v) is 7.16. The number of hydrogen-bond acceptors (Lipinski definition) is 4. The van der Waals surface area contributed by atoms with Crippen molar-refractivity contribution in [2.75, 3.05) is 6.54 Å². The predicted molar refractivity (Wildman–Crippen MR) is 120 cm³/mol. The van der Waals surface area contributed by atoms with E-state index in [2.05, 4.69) is 10.6 Å². The van der Waals surface area contributed by atoms with Gasteiger partial charge in [0.2, 0.25) is 5.91 Å². The second-order valence-electron chi connectivity index (χ2n) is 10.3. The van der Waals surface area contributed by atoms with Gasteiger partial charge in [-0.05, 0) is 43.0 Å². The van der Waals surface area contributed by atoms with E-state index < -0.39 is 11.6 Å². The Morgan fingerprint density at radius 3 is 2.53 bits per heavy atom. The Labute approximate surface area is 184 Å². The number of aliphatic hydroxyl groups is 1. The molecular weight excluding hydrogens is 398 g/mol. The van der Waals surface area contributed by atoms with Crippen molar-refractivity contribution in [3.05, 3.63) is 22.4 Å². The van der Waals surface area contributed by atoms with E-state index in [1.165, 1.54) is 6.42 Å². The third kappa shape index (κ3) is 5.76. The number of piperidine rings is 1. The zero-order valence-corrected chi connectivity index (χ0v) is 19.6. The Balaban J connectivity index is 1.84. The van der Waals surface area contributed by atoms with Gasteiger partial charge in [0.25, 0.3) is 0 Å². The van der Waals surface area contributed by atoms with Crippen LogP contribution in [0.25, 0.3) is 0 Å². The number of likely N-dealkylation sites (tertiary alicyclic amines) is 1. The SMILES string of the molecule is CC(C)(C)CC(=O)N[C@H]1[C@H](c2cccs2)N(C(=O)NC2CCCCC2)CC[C@@]1(C)O. The highest BCUT2D eigenvalue weighted by Crippen LogP contribution is 2.39. The molecule has 168 valence electrons. The second-order valence-corrected chi connectivity index (χ2v) is 11.3. The average molecular weight is 436 g/mol. The minimum Gasteiger partial charge on any atom is -0.388 e. The molecule has 2 fully saturated rings. The Morgan fingerprint density at radius 1 is 1.23 bits per heavy atom. The largest absolute Gasteiger partial charge is 0.388 e. The zero-order valence-electron chi connectivity index (χ0n) is 18.7. The quantitative estimate of drug-likeness (QED) is 0.663. The molecule has 0 radical (unpaired) electrons. The van der Waals surface area contributed by atoms with Crippen LogP contribution in [0.2, 0.25) is 0 Å². The zero-order chi connectivity index (χ0) is 21.9. The van der Waals surface area contributed by atoms with Gasteiger partial charge in [-0.15, -0.1) is 11.3 Å². The summed E-state index contributed by atoms with van der Waals surface area (Å²) < 4.78 is 0. The summed E-state index contributed by atoms with van der Waals surface area (Å²) in [4.78, 5) is 28.9. The van der Waals surface area contributed by atoms with Crippen LogP contribution in [-0.4, -0.2) is 46.2 Å². The molecule has 30 heavy (non-hydrogen) atoms. The monoisotopic (exact) mass is 435 g/mol. The van der Waals surface area contributed by atoms with Crippen molar-refractivity contribution in [2.24, 2.45) is 5.41 Å². The van der Waals surface area contributed by atoms with Crippen molar-refractivity contribution >= 4 is 23.3 Å². The van der Waals surface area contributed by atoms with Crippen LogP contribution >= 0.6 is 11.3 Å². The van der Waals surface area contributed by atoms with Crippen LogP contribution < -0.4 is 10.6 Å². The van der Waals surface area contributed by atoms with Crippen molar-refractivity contribution in [3.63, 3.8) is 0 Å². The van der Waals surface area contributed by atoms with E-state index in [1.807, 2.05) is 43.2 Å². The van der Waals surface area contributed by atoms with E-state index in [1.54, 1.807) is 18.3 Å². The Morgan fingerprint density at radius 2 is 1.93 bits per heavy atom. The molecule has 0 unspecified atom stereocenters. The normalized spacial score (nSPS) is 28.2. The number of nitrogens with one attached hydrogen (secondary N) is 2. The van der Waals surface area contributed by atoms with Gasteiger partial charge in [-0.1, -0.05) is 46.1 Å². The lowest BCUT2D eigenvalue weighted by molar-refractivity contribution is -0.129. The maximum absolute atomic E-state index is 13.3. The van der Waals surface area contributed by atoms with Gasteiger partial charge in [-0.25, -0.2) is 4.79 Å². The standard InChI is InChI=1S/C23H37N3O3S/c1-22(2,3)15-18(27)25-20-19(17-11-8-14-30-17)26(13-12-23(20,4)29)21(28)24-16-9-6-5-7-10-16/h8,11,14,16,19-20,29H,5-7,9-10,12-13,15H2,1-4H3,(H,24,28)(H,25,27)/t19-,20-,23+/m0/s1. The second kappa shape index (κ2) is 9.27. The van der Waals surface area contributed by atoms with Crippen LogP contribution in [0.4, 0.5) is 4.79 Å². The van der Waals surface area contributed by atoms with Gasteiger partial charge in [-0.3, -0.25) is 4.79 Å². The molecule has 1 aromatic rings. The number of thiophene rings is 1. The molecule has 1 aliphatic carbocycles. The molecule has 1 aliphatic heterocycles. The van der Waals surface area contributed by atoms with Gasteiger partial charge in [0.1, 0.15) is 0 Å². The van der Waals surface area contributed by atoms with Crippen molar-refractivity contribution in [1.82, 2.24) is 15.5 Å². The first-order chi connectivity index (χ1) is 14.1. The first kappa shape index (κ1) is 23.1. The van der Waals surface area contributed by atoms with Crippen molar-refractivity contribution < 1.29 is 14.7 Å².